The Bertz CT molecular complexity index is 1670. The number of nitro benzene ring substituents is 1. The molecule has 0 saturated carbocycles. The highest BCUT2D eigenvalue weighted by Crippen LogP contribution is 2.35. The van der Waals surface area contributed by atoms with E-state index in [1.807, 2.05) is 43.5 Å². The van der Waals surface area contributed by atoms with Crippen LogP contribution in [0.15, 0.2) is 73.3 Å². The van der Waals surface area contributed by atoms with E-state index in [1.54, 1.807) is 30.9 Å². The van der Waals surface area contributed by atoms with Crippen LogP contribution in [0.1, 0.15) is 51.2 Å². The smallest absolute Gasteiger partial charge is 0.337 e. The third-order valence-corrected chi connectivity index (χ3v) is 7.58. The largest absolute Gasteiger partial charge is 0.465 e. The lowest BCUT2D eigenvalue weighted by Gasteiger charge is -2.26. The van der Waals surface area contributed by atoms with Crippen molar-refractivity contribution in [1.82, 2.24) is 14.3 Å². The number of nitrogens with one attached hydrogen (secondary N) is 1. The van der Waals surface area contributed by atoms with E-state index in [-0.39, 0.29) is 11.4 Å². The average Bonchev–Trinajstić information content (AvgIpc) is 3.51. The molecular formula is C30H30N4O8S. The molecule has 43 heavy (non-hydrogen) atoms. The number of methoxy groups -OCH3 is 1. The van der Waals surface area contributed by atoms with Gasteiger partial charge in [0.1, 0.15) is 11.8 Å². The van der Waals surface area contributed by atoms with Crippen LogP contribution in [0.25, 0.3) is 5.69 Å². The molecule has 3 aromatic carbocycles. The summed E-state index contributed by atoms with van der Waals surface area (Å²) >= 11 is -2.23. The first-order valence-corrected chi connectivity index (χ1v) is 14.2. The normalized spacial score (nSPS) is 13.0. The quantitative estimate of drug-likeness (QED) is 0.145. The molecule has 3 unspecified atom stereocenters. The van der Waals surface area contributed by atoms with Crippen molar-refractivity contribution >= 4 is 28.9 Å². The van der Waals surface area contributed by atoms with Crippen molar-refractivity contribution in [3.05, 3.63) is 117 Å². The maximum Gasteiger partial charge on any atom is 0.337 e. The lowest BCUT2D eigenvalue weighted by molar-refractivity contribution is -0.384. The molecule has 3 atom stereocenters. The summed E-state index contributed by atoms with van der Waals surface area (Å²) in [6, 6.07) is 13.2. The van der Waals surface area contributed by atoms with Crippen molar-refractivity contribution in [2.45, 2.75) is 39.8 Å². The van der Waals surface area contributed by atoms with Crippen LogP contribution in [0.2, 0.25) is 0 Å². The summed E-state index contributed by atoms with van der Waals surface area (Å²) in [6.07, 6.45) is 4.19. The third kappa shape index (κ3) is 7.31. The van der Waals surface area contributed by atoms with E-state index in [1.165, 1.54) is 32.2 Å². The van der Waals surface area contributed by atoms with Crippen molar-refractivity contribution in [1.29, 1.82) is 0 Å². The highest BCUT2D eigenvalue weighted by atomic mass is 32.2. The lowest BCUT2D eigenvalue weighted by Crippen LogP contribution is -2.39. The standard InChI is InChI=1S/C30H30N4O8S/c1-18-9-10-23(33-12-11-31-17-33)16-26(18)28(27-19(2)13-22(14-20(27)3)30(36)40-5)41-29(35)21(4)32-43(39)42-25-8-6-7-24(15-25)34(37)38/h6-17,21,28,32H,1-5H3. The summed E-state index contributed by atoms with van der Waals surface area (Å²) < 4.78 is 33.2. The van der Waals surface area contributed by atoms with Crippen LogP contribution >= 0.6 is 0 Å². The molecule has 0 spiro atoms. The highest BCUT2D eigenvalue weighted by Gasteiger charge is 2.29. The summed E-state index contributed by atoms with van der Waals surface area (Å²) in [4.78, 5) is 40.2. The number of nitro groups is 1. The van der Waals surface area contributed by atoms with E-state index in [0.717, 1.165) is 17.3 Å². The van der Waals surface area contributed by atoms with Crippen LogP contribution in [0.3, 0.4) is 0 Å². The van der Waals surface area contributed by atoms with E-state index < -0.39 is 40.3 Å². The zero-order valence-corrected chi connectivity index (χ0v) is 24.9. The van der Waals surface area contributed by atoms with Gasteiger partial charge in [-0.05, 0) is 74.7 Å². The minimum atomic E-state index is -2.23. The summed E-state index contributed by atoms with van der Waals surface area (Å²) in [5.74, 6) is -1.24. The predicted octanol–water partition coefficient (Wildman–Crippen LogP) is 4.76. The number of hydrogen-bond acceptors (Lipinski definition) is 9. The first kappa shape index (κ1) is 31.1. The molecule has 224 valence electrons. The fourth-order valence-corrected chi connectivity index (χ4v) is 5.27. The molecular weight excluding hydrogens is 576 g/mol. The summed E-state index contributed by atoms with van der Waals surface area (Å²) in [6.45, 7) is 6.98. The van der Waals surface area contributed by atoms with E-state index in [4.69, 9.17) is 13.7 Å². The Balaban J connectivity index is 1.65. The SMILES string of the molecule is COC(=O)c1cc(C)c(C(OC(=O)C(C)NS(=O)Oc2cccc([N+](=O)[O-])c2)c2cc(-n3ccnc3)ccc2C)c(C)c1. The Kier molecular flexibility index (Phi) is 9.68. The van der Waals surface area contributed by atoms with Gasteiger partial charge in [-0.2, -0.15) is 8.93 Å². The Morgan fingerprint density at radius 3 is 2.40 bits per heavy atom. The number of imidazole rings is 1. The van der Waals surface area contributed by atoms with Crippen LogP contribution in [0.4, 0.5) is 5.69 Å². The number of benzene rings is 3. The van der Waals surface area contributed by atoms with Crippen LogP contribution in [-0.2, 0) is 25.5 Å². The van der Waals surface area contributed by atoms with Crippen molar-refractivity contribution in [2.75, 3.05) is 7.11 Å². The van der Waals surface area contributed by atoms with Gasteiger partial charge in [-0.15, -0.1) is 0 Å². The van der Waals surface area contributed by atoms with Crippen LogP contribution in [0, 0.1) is 30.9 Å². The van der Waals surface area contributed by atoms with Gasteiger partial charge in [0.15, 0.2) is 6.10 Å². The molecule has 0 fully saturated rings. The predicted molar refractivity (Wildman–Crippen MR) is 158 cm³/mol. The summed E-state index contributed by atoms with van der Waals surface area (Å²) in [5.41, 5.74) is 4.52. The third-order valence-electron chi connectivity index (χ3n) is 6.69. The van der Waals surface area contributed by atoms with E-state index in [9.17, 15) is 23.9 Å². The molecule has 4 rings (SSSR count). The zero-order chi connectivity index (χ0) is 31.3. The molecule has 0 aliphatic rings. The number of hydrogen-bond donors (Lipinski definition) is 1. The number of esters is 2. The molecule has 0 aliphatic heterocycles. The molecule has 0 radical (unpaired) electrons. The summed E-state index contributed by atoms with van der Waals surface area (Å²) in [5, 5.41) is 11.0. The van der Waals surface area contributed by atoms with Gasteiger partial charge in [-0.1, -0.05) is 12.1 Å². The van der Waals surface area contributed by atoms with Crippen molar-refractivity contribution in [3.63, 3.8) is 0 Å². The minimum absolute atomic E-state index is 0.0117. The van der Waals surface area contributed by atoms with Gasteiger partial charge in [0.05, 0.1) is 30.0 Å². The minimum Gasteiger partial charge on any atom is -0.465 e. The summed E-state index contributed by atoms with van der Waals surface area (Å²) in [7, 11) is 1.30. The van der Waals surface area contributed by atoms with Gasteiger partial charge in [0, 0.05) is 35.3 Å². The van der Waals surface area contributed by atoms with E-state index in [2.05, 4.69) is 9.71 Å². The fourth-order valence-electron chi connectivity index (χ4n) is 4.56. The number of aromatic nitrogens is 2. The molecule has 1 N–H and O–H groups in total. The first-order valence-electron chi connectivity index (χ1n) is 13.1. The first-order chi connectivity index (χ1) is 20.5. The van der Waals surface area contributed by atoms with Gasteiger partial charge < -0.3 is 18.2 Å². The topological polar surface area (TPSA) is 152 Å². The molecule has 0 bridgehead atoms. The molecule has 1 heterocycles. The van der Waals surface area contributed by atoms with Crippen LogP contribution < -0.4 is 8.91 Å². The Hall–Kier alpha value is -4.88. The molecule has 12 nitrogen and oxygen atoms in total. The molecule has 0 saturated heterocycles. The number of rotatable bonds is 11. The number of aryl methyl sites for hydroxylation is 3. The van der Waals surface area contributed by atoms with Crippen molar-refractivity contribution < 1.29 is 32.4 Å². The molecule has 13 heteroatoms. The second kappa shape index (κ2) is 13.4. The Labute approximate surface area is 250 Å². The number of carbonyl (C=O) groups excluding carboxylic acids is 2. The maximum absolute atomic E-state index is 13.4. The Morgan fingerprint density at radius 1 is 1.05 bits per heavy atom. The number of non-ortho nitro benzene ring substituents is 1. The Morgan fingerprint density at radius 2 is 1.77 bits per heavy atom. The average molecular weight is 607 g/mol. The molecule has 1 aromatic heterocycles. The number of carbonyl (C=O) groups is 2. The van der Waals surface area contributed by atoms with Crippen molar-refractivity contribution in [3.8, 4) is 11.4 Å². The van der Waals surface area contributed by atoms with Gasteiger partial charge in [-0.25, -0.2) is 9.78 Å². The van der Waals surface area contributed by atoms with Gasteiger partial charge in [0.2, 0.25) is 0 Å². The molecule has 0 amide bonds. The van der Waals surface area contributed by atoms with Crippen molar-refractivity contribution in [2.24, 2.45) is 0 Å². The van der Waals surface area contributed by atoms with E-state index >= 15 is 0 Å². The number of ether oxygens (including phenoxy) is 2. The monoisotopic (exact) mass is 606 g/mol. The van der Waals surface area contributed by atoms with Gasteiger partial charge >= 0.3 is 11.9 Å². The van der Waals surface area contributed by atoms with Crippen LogP contribution in [0.5, 0.6) is 5.75 Å². The van der Waals surface area contributed by atoms with Gasteiger partial charge in [0.25, 0.3) is 17.0 Å². The zero-order valence-electron chi connectivity index (χ0n) is 24.1. The second-order valence-electron chi connectivity index (χ2n) is 9.76. The second-order valence-corrected chi connectivity index (χ2v) is 10.6. The highest BCUT2D eigenvalue weighted by molar-refractivity contribution is 7.78. The maximum atomic E-state index is 13.4. The number of nitrogens with zero attached hydrogens (tertiary/aromatic N) is 3. The lowest BCUT2D eigenvalue weighted by atomic mass is 9.89. The molecule has 4 aromatic rings. The van der Waals surface area contributed by atoms with Crippen LogP contribution in [-0.4, -0.2) is 43.8 Å². The van der Waals surface area contributed by atoms with Gasteiger partial charge in [-0.3, -0.25) is 14.9 Å². The molecule has 0 aliphatic carbocycles. The van der Waals surface area contributed by atoms with E-state index in [0.29, 0.717) is 27.8 Å². The fraction of sp³-hybridized carbons (Fsp3) is 0.233.